The Kier molecular flexibility index (Phi) is 2.50. The molecule has 0 unspecified atom stereocenters. The van der Waals surface area contributed by atoms with Crippen molar-refractivity contribution >= 4 is 11.8 Å². The maximum atomic E-state index is 12.1. The number of aromatic carboxylic acids is 1. The molecule has 1 rings (SSSR count). The van der Waals surface area contributed by atoms with E-state index in [1.165, 1.54) is 0 Å². The van der Waals surface area contributed by atoms with Gasteiger partial charge in [-0.2, -0.15) is 0 Å². The van der Waals surface area contributed by atoms with E-state index >= 15 is 0 Å². The number of aromatic nitrogens is 1. The lowest BCUT2D eigenvalue weighted by atomic mass is 10.2. The molecule has 1 aromatic heterocycles. The van der Waals surface area contributed by atoms with Crippen molar-refractivity contribution in [1.82, 2.24) is 4.98 Å². The highest BCUT2D eigenvalue weighted by molar-refractivity contribution is 5.92. The Labute approximate surface area is 76.2 Å². The summed E-state index contributed by atoms with van der Waals surface area (Å²) in [6, 6.07) is 0.571. The second-order valence-electron chi connectivity index (χ2n) is 2.49. The van der Waals surface area contributed by atoms with Crippen LogP contribution in [0.1, 0.15) is 22.3 Å². The number of halogens is 2. The molecule has 0 radical (unpaired) electrons. The van der Waals surface area contributed by atoms with Crippen LogP contribution in [0.3, 0.4) is 0 Å². The fourth-order valence-corrected chi connectivity index (χ4v) is 0.900. The number of pyridine rings is 1. The molecule has 0 bridgehead atoms. The molecule has 4 N–H and O–H groups in total. The molecule has 76 valence electrons. The van der Waals surface area contributed by atoms with Crippen LogP contribution in [-0.4, -0.2) is 16.1 Å². The first-order valence-electron chi connectivity index (χ1n) is 3.47. The van der Waals surface area contributed by atoms with E-state index in [4.69, 9.17) is 10.8 Å². The largest absolute Gasteiger partial charge is 0.478 e. The Hall–Kier alpha value is -1.92. The summed E-state index contributed by atoms with van der Waals surface area (Å²) in [5, 5.41) is 8.52. The topological polar surface area (TPSA) is 96.2 Å². The predicted octanol–water partition coefficient (Wildman–Crippen LogP) is 0.593. The first kappa shape index (κ1) is 10.2. The lowest BCUT2D eigenvalue weighted by Crippen LogP contribution is -2.18. The molecule has 0 atom stereocenters. The van der Waals surface area contributed by atoms with Gasteiger partial charge in [0.05, 0.1) is 5.56 Å². The van der Waals surface area contributed by atoms with Crippen LogP contribution in [0.25, 0.3) is 0 Å². The minimum Gasteiger partial charge on any atom is -0.478 e. The Morgan fingerprint density at radius 2 is 2.14 bits per heavy atom. The fourth-order valence-electron chi connectivity index (χ4n) is 0.900. The third-order valence-electron chi connectivity index (χ3n) is 1.57. The van der Waals surface area contributed by atoms with E-state index in [1.54, 1.807) is 0 Å². The Morgan fingerprint density at radius 3 is 2.57 bits per heavy atom. The summed E-state index contributed by atoms with van der Waals surface area (Å²) >= 11 is 0. The molecule has 14 heavy (non-hydrogen) atoms. The van der Waals surface area contributed by atoms with Gasteiger partial charge >= 0.3 is 5.97 Å². The van der Waals surface area contributed by atoms with Gasteiger partial charge in [0.15, 0.2) is 0 Å². The fraction of sp³-hybridized carbons (Fsp3) is 0.143. The second-order valence-corrected chi connectivity index (χ2v) is 2.49. The van der Waals surface area contributed by atoms with Gasteiger partial charge in [0.2, 0.25) is 0 Å². The van der Waals surface area contributed by atoms with Crippen LogP contribution in [-0.2, 0) is 0 Å². The first-order chi connectivity index (χ1) is 6.43. The number of carbonyl (C=O) groups is 1. The first-order valence-corrected chi connectivity index (χ1v) is 3.47. The van der Waals surface area contributed by atoms with Crippen molar-refractivity contribution in [1.29, 1.82) is 0 Å². The molecule has 0 aliphatic heterocycles. The number of nitrogens with one attached hydrogen (secondary N) is 1. The Bertz CT molecular complexity index is 427. The van der Waals surface area contributed by atoms with Gasteiger partial charge in [0.25, 0.3) is 12.0 Å². The van der Waals surface area contributed by atoms with Crippen LogP contribution >= 0.6 is 0 Å². The number of hydrogen-bond donors (Lipinski definition) is 3. The van der Waals surface area contributed by atoms with Gasteiger partial charge in [-0.3, -0.25) is 4.79 Å². The van der Waals surface area contributed by atoms with E-state index in [-0.39, 0.29) is 0 Å². The van der Waals surface area contributed by atoms with E-state index in [9.17, 15) is 18.4 Å². The third kappa shape index (κ3) is 1.70. The molecular weight excluding hydrogens is 198 g/mol. The van der Waals surface area contributed by atoms with Crippen molar-refractivity contribution < 1.29 is 18.7 Å². The van der Waals surface area contributed by atoms with Crippen molar-refractivity contribution in [3.63, 3.8) is 0 Å². The summed E-state index contributed by atoms with van der Waals surface area (Å²) in [4.78, 5) is 23.1. The van der Waals surface area contributed by atoms with Crippen LogP contribution in [0.5, 0.6) is 0 Å². The van der Waals surface area contributed by atoms with E-state index < -0.39 is 34.9 Å². The van der Waals surface area contributed by atoms with Gasteiger partial charge in [-0.05, 0) is 6.07 Å². The highest BCUT2D eigenvalue weighted by Crippen LogP contribution is 2.17. The quantitative estimate of drug-likeness (QED) is 0.656. The van der Waals surface area contributed by atoms with Crippen LogP contribution in [0.2, 0.25) is 0 Å². The van der Waals surface area contributed by atoms with E-state index in [0.29, 0.717) is 6.07 Å². The number of carboxylic acids is 1. The van der Waals surface area contributed by atoms with Crippen molar-refractivity contribution in [2.24, 2.45) is 0 Å². The lowest BCUT2D eigenvalue weighted by molar-refractivity contribution is 0.0697. The Morgan fingerprint density at radius 1 is 1.57 bits per heavy atom. The summed E-state index contributed by atoms with van der Waals surface area (Å²) in [6.07, 6.45) is -3.03. The standard InChI is InChI=1S/C7H6F2N2O3/c8-4(9)2-1-3(7(13)14)5(10)11-6(2)12/h1,4H,(H,13,14)(H3,10,11,12). The Balaban J connectivity index is 3.42. The number of nitrogens with two attached hydrogens (primary N) is 1. The molecule has 0 aliphatic rings. The summed E-state index contributed by atoms with van der Waals surface area (Å²) in [7, 11) is 0. The molecule has 1 aromatic rings. The molecule has 0 aromatic carbocycles. The predicted molar refractivity (Wildman–Crippen MR) is 43.4 cm³/mol. The number of alkyl halides is 2. The number of hydrogen-bond acceptors (Lipinski definition) is 3. The van der Waals surface area contributed by atoms with Crippen LogP contribution in [0.4, 0.5) is 14.6 Å². The SMILES string of the molecule is Nc1[nH]c(=O)c(C(F)F)cc1C(=O)O. The average Bonchev–Trinajstić information content (AvgIpc) is 2.02. The van der Waals surface area contributed by atoms with Crippen LogP contribution < -0.4 is 11.3 Å². The summed E-state index contributed by atoms with van der Waals surface area (Å²) in [5.74, 6) is -1.91. The highest BCUT2D eigenvalue weighted by Gasteiger charge is 2.17. The molecular formula is C7H6F2N2O3. The molecule has 1 heterocycles. The number of anilines is 1. The normalized spacial score (nSPS) is 10.5. The molecule has 0 saturated heterocycles. The monoisotopic (exact) mass is 204 g/mol. The molecule has 0 spiro atoms. The van der Waals surface area contributed by atoms with E-state index in [1.807, 2.05) is 4.98 Å². The van der Waals surface area contributed by atoms with Crippen molar-refractivity contribution in [2.45, 2.75) is 6.43 Å². The van der Waals surface area contributed by atoms with Gasteiger partial charge in [-0.25, -0.2) is 13.6 Å². The van der Waals surface area contributed by atoms with Crippen molar-refractivity contribution in [3.8, 4) is 0 Å². The summed E-state index contributed by atoms with van der Waals surface area (Å²) in [5.41, 5.74) is 2.58. The van der Waals surface area contributed by atoms with E-state index in [2.05, 4.69) is 0 Å². The van der Waals surface area contributed by atoms with E-state index in [0.717, 1.165) is 0 Å². The number of aromatic amines is 1. The molecule has 7 heteroatoms. The third-order valence-corrected chi connectivity index (χ3v) is 1.57. The lowest BCUT2D eigenvalue weighted by Gasteiger charge is -2.03. The molecule has 0 saturated carbocycles. The number of H-pyrrole nitrogens is 1. The maximum absolute atomic E-state index is 12.1. The number of carboxylic acid groups (broad SMARTS) is 1. The second kappa shape index (κ2) is 3.44. The zero-order valence-corrected chi connectivity index (χ0v) is 6.75. The minimum absolute atomic E-state index is 0.438. The maximum Gasteiger partial charge on any atom is 0.339 e. The molecule has 0 aliphatic carbocycles. The van der Waals surface area contributed by atoms with Gasteiger partial charge in [0.1, 0.15) is 11.4 Å². The highest BCUT2D eigenvalue weighted by atomic mass is 19.3. The van der Waals surface area contributed by atoms with Crippen molar-refractivity contribution in [2.75, 3.05) is 5.73 Å². The van der Waals surface area contributed by atoms with Crippen LogP contribution in [0, 0.1) is 0 Å². The minimum atomic E-state index is -3.03. The number of rotatable bonds is 2. The van der Waals surface area contributed by atoms with Gasteiger partial charge in [-0.1, -0.05) is 0 Å². The molecule has 5 nitrogen and oxygen atoms in total. The number of nitrogen functional groups attached to an aromatic ring is 1. The average molecular weight is 204 g/mol. The molecule has 0 amide bonds. The van der Waals surface area contributed by atoms with Crippen LogP contribution in [0.15, 0.2) is 10.9 Å². The van der Waals surface area contributed by atoms with Gasteiger partial charge < -0.3 is 15.8 Å². The zero-order valence-electron chi connectivity index (χ0n) is 6.75. The summed E-state index contributed by atoms with van der Waals surface area (Å²) < 4.78 is 24.3. The summed E-state index contributed by atoms with van der Waals surface area (Å²) in [6.45, 7) is 0. The zero-order chi connectivity index (χ0) is 10.9. The van der Waals surface area contributed by atoms with Gasteiger partial charge in [-0.15, -0.1) is 0 Å². The molecule has 0 fully saturated rings. The van der Waals surface area contributed by atoms with Gasteiger partial charge in [0, 0.05) is 0 Å². The smallest absolute Gasteiger partial charge is 0.339 e. The van der Waals surface area contributed by atoms with Crippen molar-refractivity contribution in [3.05, 3.63) is 27.5 Å².